The summed E-state index contributed by atoms with van der Waals surface area (Å²) >= 11 is 0. The fourth-order valence-corrected chi connectivity index (χ4v) is 4.39. The van der Waals surface area contributed by atoms with Crippen LogP contribution in [-0.4, -0.2) is 21.9 Å². The van der Waals surface area contributed by atoms with Crippen LogP contribution in [-0.2, 0) is 11.2 Å². The van der Waals surface area contributed by atoms with Gasteiger partial charge in [0.25, 0.3) is 0 Å². The van der Waals surface area contributed by atoms with Crippen molar-refractivity contribution in [2.45, 2.75) is 76.9 Å². The molecule has 1 aromatic rings. The van der Waals surface area contributed by atoms with Crippen molar-refractivity contribution in [3.8, 4) is 11.5 Å². The number of aryl methyl sites for hydroxylation is 1. The lowest BCUT2D eigenvalue weighted by molar-refractivity contribution is 0.302. The number of hydrogen-bond acceptors (Lipinski definition) is 3. The van der Waals surface area contributed by atoms with Gasteiger partial charge in [0.2, 0.25) is 0 Å². The average Bonchev–Trinajstić information content (AvgIpc) is 3.19. The third-order valence-electron chi connectivity index (χ3n) is 5.88. The first-order valence-electron chi connectivity index (χ1n) is 9.25. The molecule has 1 heterocycles. The maximum atomic E-state index is 10.7. The van der Waals surface area contributed by atoms with E-state index in [1.165, 1.54) is 0 Å². The molecule has 2 N–H and O–H groups in total. The first kappa shape index (κ1) is 17.3. The predicted molar refractivity (Wildman–Crippen MR) is 96.6 cm³/mol. The van der Waals surface area contributed by atoms with Gasteiger partial charge in [-0.3, -0.25) is 0 Å². The third-order valence-corrected chi connectivity index (χ3v) is 5.88. The highest BCUT2D eigenvalue weighted by Crippen LogP contribution is 2.60. The summed E-state index contributed by atoms with van der Waals surface area (Å²) in [6.07, 6.45) is 6.37. The van der Waals surface area contributed by atoms with Crippen LogP contribution in [0.3, 0.4) is 0 Å². The molecular formula is C21H30O3. The molecule has 1 saturated heterocycles. The van der Waals surface area contributed by atoms with E-state index in [0.29, 0.717) is 5.56 Å². The molecule has 1 aromatic carbocycles. The number of allylic oxidation sites excluding steroid dienone is 1. The van der Waals surface area contributed by atoms with Crippen molar-refractivity contribution >= 4 is 0 Å². The van der Waals surface area contributed by atoms with Gasteiger partial charge in [0.15, 0.2) is 0 Å². The number of hydrogen-bond donors (Lipinski definition) is 2. The quantitative estimate of drug-likeness (QED) is 0.435. The molecule has 1 aliphatic heterocycles. The van der Waals surface area contributed by atoms with E-state index in [9.17, 15) is 10.2 Å². The minimum atomic E-state index is -0.102. The lowest BCUT2D eigenvalue weighted by atomic mass is 9.69. The summed E-state index contributed by atoms with van der Waals surface area (Å²) in [5, 5.41) is 21.3. The van der Waals surface area contributed by atoms with E-state index in [1.54, 1.807) is 0 Å². The molecule has 0 amide bonds. The van der Waals surface area contributed by atoms with Crippen molar-refractivity contribution in [1.82, 2.24) is 0 Å². The minimum absolute atomic E-state index is 0.00839. The van der Waals surface area contributed by atoms with Gasteiger partial charge in [-0.25, -0.2) is 0 Å². The first-order chi connectivity index (χ1) is 11.4. The monoisotopic (exact) mass is 330 g/mol. The Balaban J connectivity index is 1.91. The zero-order valence-electron chi connectivity index (χ0n) is 15.1. The van der Waals surface area contributed by atoms with Crippen LogP contribution in [0, 0.1) is 5.92 Å². The number of phenols is 2. The molecule has 4 atom stereocenters. The molecule has 132 valence electrons. The van der Waals surface area contributed by atoms with Gasteiger partial charge >= 0.3 is 0 Å². The van der Waals surface area contributed by atoms with Gasteiger partial charge in [0, 0.05) is 11.5 Å². The van der Waals surface area contributed by atoms with Gasteiger partial charge in [0.1, 0.15) is 11.5 Å². The molecule has 0 spiro atoms. The minimum Gasteiger partial charge on any atom is -0.508 e. The zero-order valence-corrected chi connectivity index (χ0v) is 15.1. The van der Waals surface area contributed by atoms with E-state index >= 15 is 0 Å². The first-order valence-corrected chi connectivity index (χ1v) is 9.25. The number of unbranched alkanes of at least 4 members (excludes halogenated alkanes) is 2. The molecule has 0 aromatic heterocycles. The molecule has 1 aliphatic carbocycles. The SMILES string of the molecule is C=C(C)[C@@H]1CC[C@@]2(C)O[C@H]2[C@H]1c1c(O)cc(CCCCC)cc1O. The van der Waals surface area contributed by atoms with E-state index in [4.69, 9.17) is 4.74 Å². The van der Waals surface area contributed by atoms with E-state index in [-0.39, 0.29) is 35.0 Å². The lowest BCUT2D eigenvalue weighted by Gasteiger charge is -2.33. The van der Waals surface area contributed by atoms with Crippen molar-refractivity contribution in [3.63, 3.8) is 0 Å². The average molecular weight is 330 g/mol. The lowest BCUT2D eigenvalue weighted by Crippen LogP contribution is -2.30. The summed E-state index contributed by atoms with van der Waals surface area (Å²) in [7, 11) is 0. The van der Waals surface area contributed by atoms with Gasteiger partial charge in [-0.2, -0.15) is 0 Å². The number of ether oxygens (including phenoxy) is 1. The molecule has 2 aliphatic rings. The molecule has 1 saturated carbocycles. The predicted octanol–water partition coefficient (Wildman–Crippen LogP) is 5.06. The van der Waals surface area contributed by atoms with Gasteiger partial charge < -0.3 is 14.9 Å². The molecule has 3 nitrogen and oxygen atoms in total. The second-order valence-electron chi connectivity index (χ2n) is 7.87. The van der Waals surface area contributed by atoms with Gasteiger partial charge in [-0.05, 0) is 63.1 Å². The number of phenolic OH excluding ortho intramolecular Hbond substituents is 2. The van der Waals surface area contributed by atoms with Crippen LogP contribution in [0.5, 0.6) is 11.5 Å². The number of rotatable bonds is 6. The Kier molecular flexibility index (Phi) is 4.65. The Bertz CT molecular complexity index is 613. The molecule has 0 unspecified atom stereocenters. The topological polar surface area (TPSA) is 53.0 Å². The Morgan fingerprint density at radius 2 is 1.96 bits per heavy atom. The summed E-state index contributed by atoms with van der Waals surface area (Å²) in [4.78, 5) is 0. The van der Waals surface area contributed by atoms with Gasteiger partial charge in [-0.15, -0.1) is 0 Å². The molecule has 0 radical (unpaired) electrons. The van der Waals surface area contributed by atoms with Crippen LogP contribution in [0.4, 0.5) is 0 Å². The smallest absolute Gasteiger partial charge is 0.123 e. The largest absolute Gasteiger partial charge is 0.508 e. The fraction of sp³-hybridized carbons (Fsp3) is 0.619. The van der Waals surface area contributed by atoms with Crippen LogP contribution in [0.2, 0.25) is 0 Å². The molecule has 3 heteroatoms. The summed E-state index contributed by atoms with van der Waals surface area (Å²) < 4.78 is 5.97. The van der Waals surface area contributed by atoms with Crippen LogP contribution >= 0.6 is 0 Å². The van der Waals surface area contributed by atoms with E-state index < -0.39 is 0 Å². The third kappa shape index (κ3) is 3.06. The summed E-state index contributed by atoms with van der Waals surface area (Å²) in [5.41, 5.74) is 2.65. The Hall–Kier alpha value is -1.48. The summed E-state index contributed by atoms with van der Waals surface area (Å²) in [6, 6.07) is 3.66. The van der Waals surface area contributed by atoms with E-state index in [1.807, 2.05) is 19.1 Å². The van der Waals surface area contributed by atoms with E-state index in [0.717, 1.165) is 49.7 Å². The number of aromatic hydroxyl groups is 2. The number of benzene rings is 1. The summed E-state index contributed by atoms with van der Waals surface area (Å²) in [6.45, 7) is 10.5. The van der Waals surface area contributed by atoms with E-state index in [2.05, 4.69) is 20.4 Å². The van der Waals surface area contributed by atoms with Crippen LogP contribution in [0.15, 0.2) is 24.3 Å². The highest BCUT2D eigenvalue weighted by atomic mass is 16.6. The van der Waals surface area contributed by atoms with Gasteiger partial charge in [-0.1, -0.05) is 31.9 Å². The Morgan fingerprint density at radius 1 is 1.29 bits per heavy atom. The molecular weight excluding hydrogens is 300 g/mol. The maximum Gasteiger partial charge on any atom is 0.123 e. The molecule has 2 fully saturated rings. The number of fused-ring (bicyclic) bond motifs is 1. The molecule has 3 rings (SSSR count). The fourth-order valence-electron chi connectivity index (χ4n) is 4.39. The highest BCUT2D eigenvalue weighted by molar-refractivity contribution is 5.51. The Morgan fingerprint density at radius 3 is 2.54 bits per heavy atom. The van der Waals surface area contributed by atoms with Crippen LogP contribution < -0.4 is 0 Å². The molecule has 0 bridgehead atoms. The van der Waals surface area contributed by atoms with Crippen molar-refractivity contribution in [1.29, 1.82) is 0 Å². The standard InChI is InChI=1S/C21H30O3/c1-5-6-7-8-14-11-16(22)19(17(23)12-14)18-15(13(2)3)9-10-21(4)20(18)24-21/h11-12,15,18,20,22-23H,2,5-10H2,1,3-4H3/t15-,18+,20-,21+/m0/s1. The zero-order chi connectivity index (χ0) is 17.5. The highest BCUT2D eigenvalue weighted by Gasteiger charge is 2.61. The van der Waals surface area contributed by atoms with Gasteiger partial charge in [0.05, 0.1) is 11.7 Å². The van der Waals surface area contributed by atoms with Crippen LogP contribution in [0.1, 0.15) is 69.9 Å². The second kappa shape index (κ2) is 6.44. The number of epoxide rings is 1. The van der Waals surface area contributed by atoms with Crippen molar-refractivity contribution in [2.24, 2.45) is 5.92 Å². The second-order valence-corrected chi connectivity index (χ2v) is 7.87. The normalized spacial score (nSPS) is 31.5. The van der Waals surface area contributed by atoms with Crippen molar-refractivity contribution < 1.29 is 14.9 Å². The maximum absolute atomic E-state index is 10.7. The van der Waals surface area contributed by atoms with Crippen molar-refractivity contribution in [3.05, 3.63) is 35.4 Å². The Labute approximate surface area is 145 Å². The molecule has 24 heavy (non-hydrogen) atoms. The summed E-state index contributed by atoms with van der Waals surface area (Å²) in [5.74, 6) is 0.647. The van der Waals surface area contributed by atoms with Crippen LogP contribution in [0.25, 0.3) is 0 Å². The van der Waals surface area contributed by atoms with Crippen molar-refractivity contribution in [2.75, 3.05) is 0 Å².